The molecule has 2 aliphatic rings. The van der Waals surface area contributed by atoms with E-state index in [9.17, 15) is 0 Å². The lowest BCUT2D eigenvalue weighted by atomic mass is 9.83. The number of nitrogens with two attached hydrogens (primary N) is 1. The van der Waals surface area contributed by atoms with Crippen LogP contribution in [0.2, 0.25) is 0 Å². The van der Waals surface area contributed by atoms with Gasteiger partial charge >= 0.3 is 0 Å². The number of benzene rings is 1. The van der Waals surface area contributed by atoms with E-state index in [0.29, 0.717) is 0 Å². The summed E-state index contributed by atoms with van der Waals surface area (Å²) in [5.41, 5.74) is 8.84. The highest BCUT2D eigenvalue weighted by molar-refractivity contribution is 9.10. The van der Waals surface area contributed by atoms with Crippen molar-refractivity contribution in [3.05, 3.63) is 27.7 Å². The van der Waals surface area contributed by atoms with E-state index in [1.54, 1.807) is 7.11 Å². The zero-order valence-corrected chi connectivity index (χ0v) is 13.9. The van der Waals surface area contributed by atoms with Crippen LogP contribution in [-0.4, -0.2) is 7.11 Å². The van der Waals surface area contributed by atoms with Gasteiger partial charge in [0.1, 0.15) is 5.75 Å². The third-order valence-corrected chi connectivity index (χ3v) is 6.21. The molecule has 1 aromatic rings. The van der Waals surface area contributed by atoms with Crippen molar-refractivity contribution in [3.8, 4) is 5.75 Å². The minimum absolute atomic E-state index is 0.0891. The lowest BCUT2D eigenvalue weighted by Crippen LogP contribution is -2.20. The molecule has 0 heterocycles. The fourth-order valence-corrected chi connectivity index (χ4v) is 4.62. The minimum atomic E-state index is 0.0891. The van der Waals surface area contributed by atoms with E-state index < -0.39 is 0 Å². The molecule has 1 aromatic carbocycles. The Morgan fingerprint density at radius 3 is 2.75 bits per heavy atom. The molecule has 0 spiro atoms. The maximum Gasteiger partial charge on any atom is 0.123 e. The van der Waals surface area contributed by atoms with E-state index in [0.717, 1.165) is 40.0 Å². The molecule has 2 bridgehead atoms. The topological polar surface area (TPSA) is 35.2 Å². The quantitative estimate of drug-likeness (QED) is 0.871. The number of halogens is 1. The molecule has 3 heteroatoms. The van der Waals surface area contributed by atoms with Gasteiger partial charge in [-0.1, -0.05) is 22.4 Å². The Labute approximate surface area is 130 Å². The second-order valence-electron chi connectivity index (χ2n) is 6.62. The Morgan fingerprint density at radius 2 is 2.15 bits per heavy atom. The average Bonchev–Trinajstić information content (AvgIpc) is 3.03. The van der Waals surface area contributed by atoms with Crippen LogP contribution in [0.5, 0.6) is 5.75 Å². The second-order valence-corrected chi connectivity index (χ2v) is 7.47. The molecule has 0 aromatic heterocycles. The first kappa shape index (κ1) is 14.4. The predicted octanol–water partition coefficient (Wildman–Crippen LogP) is 4.59. The summed E-state index contributed by atoms with van der Waals surface area (Å²) in [7, 11) is 1.73. The van der Waals surface area contributed by atoms with E-state index in [1.165, 1.54) is 31.2 Å². The number of hydrogen-bond donors (Lipinski definition) is 1. The number of methoxy groups -OCH3 is 1. The van der Waals surface area contributed by atoms with Crippen molar-refractivity contribution in [3.63, 3.8) is 0 Å². The van der Waals surface area contributed by atoms with Crippen LogP contribution in [0, 0.1) is 24.7 Å². The van der Waals surface area contributed by atoms with E-state index in [-0.39, 0.29) is 6.04 Å². The van der Waals surface area contributed by atoms with Gasteiger partial charge in [0.15, 0.2) is 0 Å². The zero-order chi connectivity index (χ0) is 14.3. The molecule has 2 fully saturated rings. The van der Waals surface area contributed by atoms with Crippen LogP contribution in [0.25, 0.3) is 0 Å². The van der Waals surface area contributed by atoms with Crippen LogP contribution in [0.3, 0.4) is 0 Å². The van der Waals surface area contributed by atoms with Crippen molar-refractivity contribution in [2.45, 2.75) is 45.1 Å². The van der Waals surface area contributed by atoms with Gasteiger partial charge in [-0.25, -0.2) is 0 Å². The van der Waals surface area contributed by atoms with Gasteiger partial charge in [-0.15, -0.1) is 0 Å². The van der Waals surface area contributed by atoms with Crippen molar-refractivity contribution in [2.24, 2.45) is 23.5 Å². The van der Waals surface area contributed by atoms with Gasteiger partial charge in [-0.2, -0.15) is 0 Å². The standard InChI is InChI=1S/C17H24BrNO/c1-10-5-17(20-2)14(9-15(10)18)16(19)8-13-7-11-3-4-12(13)6-11/h5,9,11-13,16H,3-4,6-8,19H2,1-2H3. The summed E-state index contributed by atoms with van der Waals surface area (Å²) in [5, 5.41) is 0. The first-order valence-electron chi connectivity index (χ1n) is 7.68. The highest BCUT2D eigenvalue weighted by Gasteiger charge is 2.40. The first-order chi connectivity index (χ1) is 9.58. The van der Waals surface area contributed by atoms with Crippen molar-refractivity contribution >= 4 is 15.9 Å². The normalized spacial score (nSPS) is 29.7. The molecule has 0 radical (unpaired) electrons. The van der Waals surface area contributed by atoms with Crippen LogP contribution in [-0.2, 0) is 0 Å². The van der Waals surface area contributed by atoms with Crippen LogP contribution < -0.4 is 10.5 Å². The lowest BCUT2D eigenvalue weighted by Gasteiger charge is -2.26. The number of ether oxygens (including phenoxy) is 1. The summed E-state index contributed by atoms with van der Waals surface area (Å²) >= 11 is 3.61. The molecule has 4 atom stereocenters. The van der Waals surface area contributed by atoms with Gasteiger partial charge in [0.2, 0.25) is 0 Å². The third kappa shape index (κ3) is 2.62. The van der Waals surface area contributed by atoms with Crippen molar-refractivity contribution in [1.29, 1.82) is 0 Å². The minimum Gasteiger partial charge on any atom is -0.496 e. The number of rotatable bonds is 4. The highest BCUT2D eigenvalue weighted by Crippen LogP contribution is 2.51. The third-order valence-electron chi connectivity index (χ3n) is 5.35. The number of aryl methyl sites for hydroxylation is 1. The van der Waals surface area contributed by atoms with Crippen molar-refractivity contribution in [2.75, 3.05) is 7.11 Å². The van der Waals surface area contributed by atoms with Crippen LogP contribution >= 0.6 is 15.9 Å². The van der Waals surface area contributed by atoms with Gasteiger partial charge in [0, 0.05) is 16.1 Å². The molecule has 4 unspecified atom stereocenters. The lowest BCUT2D eigenvalue weighted by molar-refractivity contribution is 0.293. The number of fused-ring (bicyclic) bond motifs is 2. The fraction of sp³-hybridized carbons (Fsp3) is 0.647. The molecule has 2 aliphatic carbocycles. The molecular formula is C17H24BrNO. The molecular weight excluding hydrogens is 314 g/mol. The van der Waals surface area contributed by atoms with Crippen LogP contribution in [0.4, 0.5) is 0 Å². The van der Waals surface area contributed by atoms with Gasteiger partial charge in [0.05, 0.1) is 7.11 Å². The molecule has 2 nitrogen and oxygen atoms in total. The SMILES string of the molecule is COc1cc(C)c(Br)cc1C(N)CC1CC2CCC1C2. The van der Waals surface area contributed by atoms with Gasteiger partial charge in [0.25, 0.3) is 0 Å². The Kier molecular flexibility index (Phi) is 4.09. The van der Waals surface area contributed by atoms with E-state index in [2.05, 4.69) is 35.0 Å². The molecule has 110 valence electrons. The number of hydrogen-bond acceptors (Lipinski definition) is 2. The van der Waals surface area contributed by atoms with Crippen molar-refractivity contribution in [1.82, 2.24) is 0 Å². The first-order valence-corrected chi connectivity index (χ1v) is 8.47. The Hall–Kier alpha value is -0.540. The molecule has 20 heavy (non-hydrogen) atoms. The van der Waals surface area contributed by atoms with E-state index in [4.69, 9.17) is 10.5 Å². The van der Waals surface area contributed by atoms with Crippen LogP contribution in [0.1, 0.15) is 49.3 Å². The monoisotopic (exact) mass is 337 g/mol. The summed E-state index contributed by atoms with van der Waals surface area (Å²) in [6.07, 6.45) is 6.83. The summed E-state index contributed by atoms with van der Waals surface area (Å²) in [4.78, 5) is 0. The summed E-state index contributed by atoms with van der Waals surface area (Å²) < 4.78 is 6.65. The molecule has 0 saturated heterocycles. The fourth-order valence-electron chi connectivity index (χ4n) is 4.26. The second kappa shape index (κ2) is 5.69. The summed E-state index contributed by atoms with van der Waals surface area (Å²) in [5.74, 6) is 3.68. The average molecular weight is 338 g/mol. The van der Waals surface area contributed by atoms with Crippen LogP contribution in [0.15, 0.2) is 16.6 Å². The summed E-state index contributed by atoms with van der Waals surface area (Å²) in [6, 6.07) is 4.32. The van der Waals surface area contributed by atoms with Gasteiger partial charge in [-0.3, -0.25) is 0 Å². The highest BCUT2D eigenvalue weighted by atomic mass is 79.9. The Balaban J connectivity index is 1.76. The smallest absolute Gasteiger partial charge is 0.123 e. The van der Waals surface area contributed by atoms with Crippen molar-refractivity contribution < 1.29 is 4.74 Å². The molecule has 3 rings (SSSR count). The Morgan fingerprint density at radius 1 is 1.35 bits per heavy atom. The summed E-state index contributed by atoms with van der Waals surface area (Å²) in [6.45, 7) is 2.08. The molecule has 0 aliphatic heterocycles. The zero-order valence-electron chi connectivity index (χ0n) is 12.4. The van der Waals surface area contributed by atoms with Gasteiger partial charge < -0.3 is 10.5 Å². The predicted molar refractivity (Wildman–Crippen MR) is 85.9 cm³/mol. The Bertz CT molecular complexity index is 502. The maximum absolute atomic E-state index is 6.50. The van der Waals surface area contributed by atoms with E-state index in [1.807, 2.05) is 0 Å². The van der Waals surface area contributed by atoms with E-state index >= 15 is 0 Å². The molecule has 2 N–H and O–H groups in total. The molecule has 0 amide bonds. The largest absolute Gasteiger partial charge is 0.496 e. The van der Waals surface area contributed by atoms with Gasteiger partial charge in [-0.05, 0) is 68.1 Å². The maximum atomic E-state index is 6.50. The molecule has 2 saturated carbocycles.